The summed E-state index contributed by atoms with van der Waals surface area (Å²) in [6, 6.07) is 2.84. The summed E-state index contributed by atoms with van der Waals surface area (Å²) in [6.45, 7) is 1.82. The van der Waals surface area contributed by atoms with Crippen molar-refractivity contribution >= 4 is 40.5 Å². The van der Waals surface area contributed by atoms with E-state index in [-0.39, 0.29) is 28.5 Å². The van der Waals surface area contributed by atoms with Gasteiger partial charge in [0.1, 0.15) is 29.1 Å². The number of carbonyl (C=O) groups is 1. The van der Waals surface area contributed by atoms with Gasteiger partial charge in [0, 0.05) is 31.8 Å². The van der Waals surface area contributed by atoms with Crippen molar-refractivity contribution in [2.75, 3.05) is 37.8 Å². The molecule has 0 radical (unpaired) electrons. The molecule has 2 atom stereocenters. The quantitative estimate of drug-likeness (QED) is 0.489. The molecular formula is C22H26ClFN8O2. The molecule has 1 aliphatic heterocycles. The molecule has 180 valence electrons. The predicted octanol–water partition coefficient (Wildman–Crippen LogP) is 2.44. The minimum Gasteiger partial charge on any atom is -0.373 e. The number of pyridine rings is 1. The molecule has 1 saturated carbocycles. The molecule has 4 heterocycles. The van der Waals surface area contributed by atoms with Crippen molar-refractivity contribution in [1.29, 1.82) is 0 Å². The highest BCUT2D eigenvalue weighted by molar-refractivity contribution is 6.30. The Hall–Kier alpha value is -3.18. The Labute approximate surface area is 200 Å². The third-order valence-corrected chi connectivity index (χ3v) is 6.56. The van der Waals surface area contributed by atoms with E-state index in [1.807, 2.05) is 0 Å². The van der Waals surface area contributed by atoms with Gasteiger partial charge in [-0.2, -0.15) is 9.61 Å². The van der Waals surface area contributed by atoms with Gasteiger partial charge in [-0.3, -0.25) is 9.59 Å². The SMILES string of the molecule is CNc1cc(Nc2cc(Cl)cn(C3CCN(C)CC3)c2=O)nc2c(C(=O)N[C@@H]3C[C@@H]3F)cnn12. The molecule has 0 spiro atoms. The van der Waals surface area contributed by atoms with Gasteiger partial charge in [-0.1, -0.05) is 11.6 Å². The fraction of sp³-hybridized carbons (Fsp3) is 0.455. The number of hydrogen-bond donors (Lipinski definition) is 3. The second-order valence-corrected chi connectivity index (χ2v) is 9.28. The number of halogens is 2. The Balaban J connectivity index is 1.48. The van der Waals surface area contributed by atoms with E-state index in [4.69, 9.17) is 11.6 Å². The number of carbonyl (C=O) groups excluding carboxylic acids is 1. The van der Waals surface area contributed by atoms with Crippen LogP contribution in [-0.2, 0) is 0 Å². The topological polar surface area (TPSA) is 109 Å². The lowest BCUT2D eigenvalue weighted by Gasteiger charge is -2.30. The predicted molar refractivity (Wildman–Crippen MR) is 128 cm³/mol. The molecule has 5 rings (SSSR count). The van der Waals surface area contributed by atoms with Crippen molar-refractivity contribution in [2.24, 2.45) is 0 Å². The number of aromatic nitrogens is 4. The second kappa shape index (κ2) is 8.88. The fourth-order valence-electron chi connectivity index (χ4n) is 4.26. The largest absolute Gasteiger partial charge is 0.373 e. The van der Waals surface area contributed by atoms with Gasteiger partial charge in [0.2, 0.25) is 0 Å². The van der Waals surface area contributed by atoms with Gasteiger partial charge in [0.15, 0.2) is 5.65 Å². The lowest BCUT2D eigenvalue weighted by atomic mass is 10.1. The molecule has 0 unspecified atom stereocenters. The van der Waals surface area contributed by atoms with Crippen molar-refractivity contribution in [2.45, 2.75) is 37.5 Å². The number of alkyl halides is 1. The number of fused-ring (bicyclic) bond motifs is 1. The van der Waals surface area contributed by atoms with Gasteiger partial charge in [0.05, 0.1) is 17.3 Å². The summed E-state index contributed by atoms with van der Waals surface area (Å²) in [7, 11) is 3.78. The molecule has 34 heavy (non-hydrogen) atoms. The molecule has 1 aliphatic carbocycles. The third-order valence-electron chi connectivity index (χ3n) is 6.36. The summed E-state index contributed by atoms with van der Waals surface area (Å²) in [6.07, 6.45) is 4.09. The molecule has 2 fully saturated rings. The van der Waals surface area contributed by atoms with Crippen LogP contribution in [0.3, 0.4) is 0 Å². The minimum atomic E-state index is -1.02. The van der Waals surface area contributed by atoms with Gasteiger partial charge < -0.3 is 25.4 Å². The minimum absolute atomic E-state index is 0.0677. The van der Waals surface area contributed by atoms with Crippen LogP contribution in [-0.4, -0.2) is 69.4 Å². The lowest BCUT2D eigenvalue weighted by Crippen LogP contribution is -2.35. The molecule has 12 heteroatoms. The number of hydrogen-bond acceptors (Lipinski definition) is 7. The molecular weight excluding hydrogens is 463 g/mol. The normalized spacial score (nSPS) is 20.9. The summed E-state index contributed by atoms with van der Waals surface area (Å²) >= 11 is 6.36. The number of anilines is 3. The number of amides is 1. The van der Waals surface area contributed by atoms with E-state index < -0.39 is 18.1 Å². The highest BCUT2D eigenvalue weighted by atomic mass is 35.5. The Morgan fingerprint density at radius 3 is 2.68 bits per heavy atom. The van der Waals surface area contributed by atoms with Crippen LogP contribution >= 0.6 is 11.6 Å². The summed E-state index contributed by atoms with van der Waals surface area (Å²) in [5.74, 6) is 0.453. The average Bonchev–Trinajstić information content (AvgIpc) is 3.33. The van der Waals surface area contributed by atoms with Gasteiger partial charge in [-0.15, -0.1) is 0 Å². The van der Waals surface area contributed by atoms with E-state index in [9.17, 15) is 14.0 Å². The monoisotopic (exact) mass is 488 g/mol. The molecule has 0 bridgehead atoms. The van der Waals surface area contributed by atoms with Crippen LogP contribution in [0.5, 0.6) is 0 Å². The summed E-state index contributed by atoms with van der Waals surface area (Å²) in [4.78, 5) is 32.7. The maximum Gasteiger partial charge on any atom is 0.274 e. The molecule has 1 saturated heterocycles. The zero-order valence-electron chi connectivity index (χ0n) is 18.9. The summed E-state index contributed by atoms with van der Waals surface area (Å²) in [5, 5.41) is 13.4. The molecule has 3 aromatic rings. The van der Waals surface area contributed by atoms with Crippen LogP contribution in [0.1, 0.15) is 35.7 Å². The maximum absolute atomic E-state index is 13.3. The van der Waals surface area contributed by atoms with E-state index >= 15 is 0 Å². The number of likely N-dealkylation sites (tertiary alicyclic amines) is 1. The highest BCUT2D eigenvalue weighted by Crippen LogP contribution is 2.27. The Kier molecular flexibility index (Phi) is 5.90. The Morgan fingerprint density at radius 1 is 1.26 bits per heavy atom. The van der Waals surface area contributed by atoms with Crippen LogP contribution in [0, 0.1) is 0 Å². The van der Waals surface area contributed by atoms with Crippen molar-refractivity contribution in [1.82, 2.24) is 29.4 Å². The zero-order chi connectivity index (χ0) is 24.0. The van der Waals surface area contributed by atoms with E-state index in [2.05, 4.69) is 38.0 Å². The van der Waals surface area contributed by atoms with Crippen molar-refractivity contribution in [3.8, 4) is 0 Å². The first-order valence-electron chi connectivity index (χ1n) is 11.2. The lowest BCUT2D eigenvalue weighted by molar-refractivity contribution is 0.0949. The van der Waals surface area contributed by atoms with E-state index in [1.54, 1.807) is 29.9 Å². The first kappa shape index (κ1) is 22.6. The second-order valence-electron chi connectivity index (χ2n) is 8.85. The van der Waals surface area contributed by atoms with Gasteiger partial charge in [0.25, 0.3) is 11.5 Å². The van der Waals surface area contributed by atoms with E-state index in [1.165, 1.54) is 10.7 Å². The molecule has 3 aromatic heterocycles. The van der Waals surface area contributed by atoms with Crippen LogP contribution in [0.25, 0.3) is 5.65 Å². The van der Waals surface area contributed by atoms with Crippen LogP contribution < -0.4 is 21.5 Å². The fourth-order valence-corrected chi connectivity index (χ4v) is 4.48. The number of rotatable bonds is 6. The standard InChI is InChI=1S/C22H26ClFN8O2/c1-25-19-9-18(29-20-14(10-26-32(19)20)21(33)28-16-8-15(16)24)27-17-7-12(23)11-31(22(17)34)13-3-5-30(2)6-4-13/h7,9-11,13,15-16,25H,3-6,8H2,1-2H3,(H,27,29)(H,28,33)/t15-,16+/m0/s1. The zero-order valence-corrected chi connectivity index (χ0v) is 19.6. The van der Waals surface area contributed by atoms with E-state index in [0.29, 0.717) is 23.1 Å². The number of nitrogens with zero attached hydrogens (tertiary/aromatic N) is 5. The highest BCUT2D eigenvalue weighted by Gasteiger charge is 2.39. The first-order valence-corrected chi connectivity index (χ1v) is 11.6. The van der Waals surface area contributed by atoms with Crippen LogP contribution in [0.2, 0.25) is 5.02 Å². The van der Waals surface area contributed by atoms with Crippen molar-refractivity contribution in [3.05, 3.63) is 45.5 Å². The van der Waals surface area contributed by atoms with Crippen LogP contribution in [0.4, 0.5) is 21.7 Å². The van der Waals surface area contributed by atoms with Gasteiger partial charge >= 0.3 is 0 Å². The van der Waals surface area contributed by atoms with Crippen molar-refractivity contribution < 1.29 is 9.18 Å². The van der Waals surface area contributed by atoms with Crippen LogP contribution in [0.15, 0.2) is 29.3 Å². The number of piperidine rings is 1. The number of nitrogens with one attached hydrogen (secondary N) is 3. The molecule has 3 N–H and O–H groups in total. The first-order chi connectivity index (χ1) is 16.3. The molecule has 2 aliphatic rings. The molecule has 1 amide bonds. The Bertz CT molecular complexity index is 1300. The summed E-state index contributed by atoms with van der Waals surface area (Å²) in [5.41, 5.74) is 0.588. The van der Waals surface area contributed by atoms with Gasteiger partial charge in [-0.05, 0) is 39.0 Å². The molecule has 10 nitrogen and oxygen atoms in total. The summed E-state index contributed by atoms with van der Waals surface area (Å²) < 4.78 is 16.4. The van der Waals surface area contributed by atoms with Crippen molar-refractivity contribution in [3.63, 3.8) is 0 Å². The third kappa shape index (κ3) is 4.32. The molecule has 0 aromatic carbocycles. The van der Waals surface area contributed by atoms with E-state index in [0.717, 1.165) is 25.9 Å². The smallest absolute Gasteiger partial charge is 0.274 e. The average molecular weight is 489 g/mol. The maximum atomic E-state index is 13.3. The Morgan fingerprint density at radius 2 is 2.00 bits per heavy atom. The van der Waals surface area contributed by atoms with Gasteiger partial charge in [-0.25, -0.2) is 9.37 Å².